The smallest absolute Gasteiger partial charge is 0.0977 e. The molecule has 0 aliphatic rings. The monoisotopic (exact) mass is 248 g/mol. The zero-order valence-electron chi connectivity index (χ0n) is 9.18. The molecule has 0 aliphatic heterocycles. The topological polar surface area (TPSA) is 45.1 Å². The SMILES string of the molecule is OC(CNc1ccccc1Cl)c1cccnc1. The molecule has 1 aromatic carbocycles. The second-order valence-corrected chi connectivity index (χ2v) is 4.07. The summed E-state index contributed by atoms with van der Waals surface area (Å²) in [5.41, 5.74) is 1.60. The molecule has 2 aromatic rings. The Kier molecular flexibility index (Phi) is 3.96. The highest BCUT2D eigenvalue weighted by Gasteiger charge is 2.07. The van der Waals surface area contributed by atoms with Gasteiger partial charge in [0.2, 0.25) is 0 Å². The maximum absolute atomic E-state index is 9.93. The standard InChI is InChI=1S/C13H13ClN2O/c14-11-5-1-2-6-12(11)16-9-13(17)10-4-3-7-15-8-10/h1-8,13,16-17H,9H2. The van der Waals surface area contributed by atoms with Crippen molar-refractivity contribution in [1.29, 1.82) is 0 Å². The first kappa shape index (κ1) is 11.9. The van der Waals surface area contributed by atoms with Gasteiger partial charge in [-0.05, 0) is 18.2 Å². The molecule has 4 heteroatoms. The second kappa shape index (κ2) is 5.66. The number of pyridine rings is 1. The van der Waals surface area contributed by atoms with Gasteiger partial charge < -0.3 is 10.4 Å². The summed E-state index contributed by atoms with van der Waals surface area (Å²) in [4.78, 5) is 3.96. The molecular weight excluding hydrogens is 236 g/mol. The van der Waals surface area contributed by atoms with Crippen LogP contribution in [0.2, 0.25) is 5.02 Å². The third-order valence-corrected chi connectivity index (χ3v) is 2.76. The van der Waals surface area contributed by atoms with Gasteiger partial charge in [-0.2, -0.15) is 0 Å². The van der Waals surface area contributed by atoms with Crippen molar-refractivity contribution in [1.82, 2.24) is 4.98 Å². The number of aliphatic hydroxyl groups excluding tert-OH is 1. The molecular formula is C13H13ClN2O. The summed E-state index contributed by atoms with van der Waals surface area (Å²) in [6, 6.07) is 11.1. The number of nitrogens with one attached hydrogen (secondary N) is 1. The Morgan fingerprint density at radius 1 is 1.24 bits per heavy atom. The van der Waals surface area contributed by atoms with Gasteiger partial charge >= 0.3 is 0 Å². The number of aromatic nitrogens is 1. The average Bonchev–Trinajstić information content (AvgIpc) is 2.38. The molecule has 3 nitrogen and oxygen atoms in total. The van der Waals surface area contributed by atoms with Gasteiger partial charge in [-0.1, -0.05) is 29.8 Å². The van der Waals surface area contributed by atoms with Gasteiger partial charge in [0.05, 0.1) is 16.8 Å². The van der Waals surface area contributed by atoms with Crippen molar-refractivity contribution in [2.45, 2.75) is 6.10 Å². The number of para-hydroxylation sites is 1. The molecule has 1 aromatic heterocycles. The van der Waals surface area contributed by atoms with Gasteiger partial charge in [0, 0.05) is 24.5 Å². The average molecular weight is 249 g/mol. The molecule has 17 heavy (non-hydrogen) atoms. The first-order chi connectivity index (χ1) is 8.27. The quantitative estimate of drug-likeness (QED) is 0.875. The fourth-order valence-electron chi connectivity index (χ4n) is 1.50. The van der Waals surface area contributed by atoms with E-state index in [1.54, 1.807) is 24.5 Å². The highest BCUT2D eigenvalue weighted by atomic mass is 35.5. The van der Waals surface area contributed by atoms with Crippen LogP contribution in [-0.2, 0) is 0 Å². The lowest BCUT2D eigenvalue weighted by atomic mass is 10.1. The van der Waals surface area contributed by atoms with E-state index in [1.807, 2.05) is 24.3 Å². The van der Waals surface area contributed by atoms with Gasteiger partial charge in [-0.25, -0.2) is 0 Å². The summed E-state index contributed by atoms with van der Waals surface area (Å²) in [6.07, 6.45) is 2.73. The van der Waals surface area contributed by atoms with E-state index in [9.17, 15) is 5.11 Å². The van der Waals surface area contributed by atoms with E-state index in [1.165, 1.54) is 0 Å². The number of halogens is 1. The van der Waals surface area contributed by atoms with Crippen LogP contribution < -0.4 is 5.32 Å². The number of hydrogen-bond donors (Lipinski definition) is 2. The van der Waals surface area contributed by atoms with Crippen molar-refractivity contribution in [3.05, 3.63) is 59.4 Å². The molecule has 0 aliphatic carbocycles. The van der Waals surface area contributed by atoms with Crippen molar-refractivity contribution in [2.75, 3.05) is 11.9 Å². The Morgan fingerprint density at radius 3 is 2.76 bits per heavy atom. The predicted octanol–water partition coefficient (Wildman–Crippen LogP) is 2.88. The maximum Gasteiger partial charge on any atom is 0.0977 e. The Bertz CT molecular complexity index is 476. The minimum atomic E-state index is -0.597. The number of anilines is 1. The summed E-state index contributed by atoms with van der Waals surface area (Å²) in [6.45, 7) is 0.398. The Hall–Kier alpha value is -1.58. The lowest BCUT2D eigenvalue weighted by molar-refractivity contribution is 0.191. The number of aliphatic hydroxyl groups is 1. The Balaban J connectivity index is 1.97. The van der Waals surface area contributed by atoms with E-state index in [-0.39, 0.29) is 0 Å². The summed E-state index contributed by atoms with van der Waals surface area (Å²) in [5, 5.41) is 13.7. The summed E-state index contributed by atoms with van der Waals surface area (Å²) in [5.74, 6) is 0. The molecule has 1 heterocycles. The molecule has 88 valence electrons. The molecule has 1 unspecified atom stereocenters. The molecule has 0 spiro atoms. The van der Waals surface area contributed by atoms with Crippen LogP contribution in [0.25, 0.3) is 0 Å². The Morgan fingerprint density at radius 2 is 2.06 bits per heavy atom. The van der Waals surface area contributed by atoms with Crippen LogP contribution in [0.15, 0.2) is 48.8 Å². The number of hydrogen-bond acceptors (Lipinski definition) is 3. The van der Waals surface area contributed by atoms with Gasteiger partial charge in [0.25, 0.3) is 0 Å². The summed E-state index contributed by atoms with van der Waals surface area (Å²) in [7, 11) is 0. The lowest BCUT2D eigenvalue weighted by Crippen LogP contribution is -2.12. The van der Waals surface area contributed by atoms with E-state index in [0.717, 1.165) is 11.3 Å². The first-order valence-electron chi connectivity index (χ1n) is 5.34. The van der Waals surface area contributed by atoms with Crippen LogP contribution >= 0.6 is 11.6 Å². The van der Waals surface area contributed by atoms with Gasteiger partial charge in [-0.15, -0.1) is 0 Å². The van der Waals surface area contributed by atoms with Crippen LogP contribution in [-0.4, -0.2) is 16.6 Å². The van der Waals surface area contributed by atoms with Crippen molar-refractivity contribution in [3.63, 3.8) is 0 Å². The van der Waals surface area contributed by atoms with Gasteiger partial charge in [0.1, 0.15) is 0 Å². The zero-order chi connectivity index (χ0) is 12.1. The number of nitrogens with zero attached hydrogens (tertiary/aromatic N) is 1. The first-order valence-corrected chi connectivity index (χ1v) is 5.71. The number of benzene rings is 1. The van der Waals surface area contributed by atoms with E-state index >= 15 is 0 Å². The number of rotatable bonds is 4. The van der Waals surface area contributed by atoms with Gasteiger partial charge in [-0.3, -0.25) is 4.98 Å². The predicted molar refractivity (Wildman–Crippen MR) is 69.1 cm³/mol. The summed E-state index contributed by atoms with van der Waals surface area (Å²) >= 11 is 6.00. The fraction of sp³-hybridized carbons (Fsp3) is 0.154. The highest BCUT2D eigenvalue weighted by molar-refractivity contribution is 6.33. The molecule has 2 N–H and O–H groups in total. The van der Waals surface area contributed by atoms with E-state index in [4.69, 9.17) is 11.6 Å². The van der Waals surface area contributed by atoms with Crippen molar-refractivity contribution >= 4 is 17.3 Å². The minimum Gasteiger partial charge on any atom is -0.387 e. The maximum atomic E-state index is 9.93. The highest BCUT2D eigenvalue weighted by Crippen LogP contribution is 2.21. The third kappa shape index (κ3) is 3.19. The van der Waals surface area contributed by atoms with Crippen molar-refractivity contribution in [3.8, 4) is 0 Å². The van der Waals surface area contributed by atoms with Crippen LogP contribution in [0, 0.1) is 0 Å². The molecule has 0 fully saturated rings. The van der Waals surface area contributed by atoms with Gasteiger partial charge in [0.15, 0.2) is 0 Å². The minimum absolute atomic E-state index is 0.398. The normalized spacial score (nSPS) is 12.1. The van der Waals surface area contributed by atoms with E-state index in [0.29, 0.717) is 11.6 Å². The van der Waals surface area contributed by atoms with Crippen molar-refractivity contribution in [2.24, 2.45) is 0 Å². The molecule has 0 saturated heterocycles. The van der Waals surface area contributed by atoms with E-state index < -0.39 is 6.10 Å². The molecule has 0 bridgehead atoms. The molecule has 0 radical (unpaired) electrons. The molecule has 0 amide bonds. The van der Waals surface area contributed by atoms with Crippen LogP contribution in [0.5, 0.6) is 0 Å². The van der Waals surface area contributed by atoms with E-state index in [2.05, 4.69) is 10.3 Å². The zero-order valence-corrected chi connectivity index (χ0v) is 9.93. The molecule has 1 atom stereocenters. The van der Waals surface area contributed by atoms with Crippen LogP contribution in [0.1, 0.15) is 11.7 Å². The Labute approximate surface area is 105 Å². The lowest BCUT2D eigenvalue weighted by Gasteiger charge is -2.13. The molecule has 0 saturated carbocycles. The fourth-order valence-corrected chi connectivity index (χ4v) is 1.70. The second-order valence-electron chi connectivity index (χ2n) is 3.66. The van der Waals surface area contributed by atoms with Crippen LogP contribution in [0.4, 0.5) is 5.69 Å². The van der Waals surface area contributed by atoms with Crippen LogP contribution in [0.3, 0.4) is 0 Å². The molecule has 2 rings (SSSR count). The largest absolute Gasteiger partial charge is 0.387 e. The van der Waals surface area contributed by atoms with Crippen molar-refractivity contribution < 1.29 is 5.11 Å². The third-order valence-electron chi connectivity index (χ3n) is 2.43. The summed E-state index contributed by atoms with van der Waals surface area (Å²) < 4.78 is 0.